The van der Waals surface area contributed by atoms with Crippen LogP contribution in [0.3, 0.4) is 0 Å². The second-order valence-electron chi connectivity index (χ2n) is 8.49. The van der Waals surface area contributed by atoms with Crippen LogP contribution >= 0.6 is 11.6 Å². The average Bonchev–Trinajstić information content (AvgIpc) is 3.38. The molecule has 4 rings (SSSR count). The van der Waals surface area contributed by atoms with Crippen LogP contribution in [0.25, 0.3) is 0 Å². The van der Waals surface area contributed by atoms with Gasteiger partial charge in [0.15, 0.2) is 0 Å². The van der Waals surface area contributed by atoms with Crippen molar-refractivity contribution in [2.24, 2.45) is 0 Å². The van der Waals surface area contributed by atoms with E-state index in [0.29, 0.717) is 18.7 Å². The summed E-state index contributed by atoms with van der Waals surface area (Å²) in [6.07, 6.45) is 4.73. The van der Waals surface area contributed by atoms with Gasteiger partial charge in [0, 0.05) is 38.3 Å². The lowest BCUT2D eigenvalue weighted by Crippen LogP contribution is -2.35. The minimum atomic E-state index is -3.67. The number of halogens is 1. The van der Waals surface area contributed by atoms with Crippen LogP contribution in [0.4, 0.5) is 0 Å². The first-order valence-corrected chi connectivity index (χ1v) is 13.1. The second kappa shape index (κ2) is 10.2. The van der Waals surface area contributed by atoms with Gasteiger partial charge in [0.05, 0.1) is 15.5 Å². The normalized spacial score (nSPS) is 17.2. The van der Waals surface area contributed by atoms with E-state index in [2.05, 4.69) is 5.32 Å². The van der Waals surface area contributed by atoms with Gasteiger partial charge in [-0.2, -0.15) is 4.31 Å². The minimum absolute atomic E-state index is 0.000610. The van der Waals surface area contributed by atoms with Gasteiger partial charge in [-0.3, -0.25) is 9.59 Å². The first kappa shape index (κ1) is 23.7. The lowest BCUT2D eigenvalue weighted by atomic mass is 10.1. The molecule has 7 nitrogen and oxygen atoms in total. The second-order valence-corrected chi connectivity index (χ2v) is 10.8. The quantitative estimate of drug-likeness (QED) is 0.670. The summed E-state index contributed by atoms with van der Waals surface area (Å²) < 4.78 is 27.4. The number of hydrogen-bond acceptors (Lipinski definition) is 4. The Hall–Kier alpha value is -2.42. The molecule has 2 aliphatic rings. The summed E-state index contributed by atoms with van der Waals surface area (Å²) in [4.78, 5) is 27.4. The number of benzene rings is 2. The van der Waals surface area contributed by atoms with Gasteiger partial charge in [-0.25, -0.2) is 8.42 Å². The number of carbonyl (C=O) groups excluding carboxylic acids is 2. The van der Waals surface area contributed by atoms with Crippen LogP contribution in [-0.4, -0.2) is 55.6 Å². The Morgan fingerprint density at radius 3 is 2.33 bits per heavy atom. The van der Waals surface area contributed by atoms with E-state index in [4.69, 9.17) is 11.6 Å². The van der Waals surface area contributed by atoms with Crippen molar-refractivity contribution >= 4 is 33.4 Å². The predicted molar refractivity (Wildman–Crippen MR) is 127 cm³/mol. The Morgan fingerprint density at radius 2 is 1.61 bits per heavy atom. The predicted octanol–water partition coefficient (Wildman–Crippen LogP) is 3.68. The fourth-order valence-electron chi connectivity index (χ4n) is 4.29. The van der Waals surface area contributed by atoms with Crippen molar-refractivity contribution in [3.05, 3.63) is 64.2 Å². The highest BCUT2D eigenvalue weighted by Crippen LogP contribution is 2.25. The van der Waals surface area contributed by atoms with Gasteiger partial charge in [0.25, 0.3) is 11.8 Å². The molecule has 2 saturated heterocycles. The molecule has 0 saturated carbocycles. The molecule has 0 unspecified atom stereocenters. The molecule has 2 aliphatic heterocycles. The Kier molecular flexibility index (Phi) is 7.36. The summed E-state index contributed by atoms with van der Waals surface area (Å²) in [5.74, 6) is -0.466. The number of carbonyl (C=O) groups is 2. The summed E-state index contributed by atoms with van der Waals surface area (Å²) in [6, 6.07) is 11.4. The van der Waals surface area contributed by atoms with Crippen molar-refractivity contribution in [3.63, 3.8) is 0 Å². The molecule has 2 heterocycles. The maximum atomic E-state index is 13.0. The lowest BCUT2D eigenvalue weighted by molar-refractivity contribution is 0.0792. The average molecular weight is 490 g/mol. The Balaban J connectivity index is 1.46. The van der Waals surface area contributed by atoms with Crippen LogP contribution in [-0.2, 0) is 16.6 Å². The van der Waals surface area contributed by atoms with E-state index in [1.165, 1.54) is 22.5 Å². The molecule has 0 aromatic heterocycles. The van der Waals surface area contributed by atoms with E-state index in [9.17, 15) is 18.0 Å². The fourth-order valence-corrected chi connectivity index (χ4v) is 6.04. The molecule has 2 fully saturated rings. The Labute approximate surface area is 199 Å². The molecular formula is C24H28ClN3O4S. The topological polar surface area (TPSA) is 86.8 Å². The standard InChI is InChI=1S/C24H28ClN3O4S/c25-22-10-9-20(33(31,32)28-13-2-1-3-14-28)16-21(22)23(29)26-17-18-7-6-8-19(15-18)24(30)27-11-4-5-12-27/h6-10,15-16H,1-5,11-14,17H2,(H,26,29). The molecule has 0 radical (unpaired) electrons. The van der Waals surface area contributed by atoms with Crippen molar-refractivity contribution in [1.82, 2.24) is 14.5 Å². The van der Waals surface area contributed by atoms with Crippen LogP contribution in [0.5, 0.6) is 0 Å². The fraction of sp³-hybridized carbons (Fsp3) is 0.417. The van der Waals surface area contributed by atoms with Crippen LogP contribution in [0.2, 0.25) is 5.02 Å². The molecule has 2 aromatic carbocycles. The molecule has 1 N–H and O–H groups in total. The van der Waals surface area contributed by atoms with Gasteiger partial charge in [-0.1, -0.05) is 30.2 Å². The van der Waals surface area contributed by atoms with Gasteiger partial charge in [0.1, 0.15) is 0 Å². The van der Waals surface area contributed by atoms with Crippen LogP contribution in [0, 0.1) is 0 Å². The van der Waals surface area contributed by atoms with Crippen molar-refractivity contribution in [2.45, 2.75) is 43.5 Å². The zero-order valence-corrected chi connectivity index (χ0v) is 20.0. The Morgan fingerprint density at radius 1 is 0.909 bits per heavy atom. The number of likely N-dealkylation sites (tertiary alicyclic amines) is 1. The maximum absolute atomic E-state index is 13.0. The number of rotatable bonds is 6. The Bertz CT molecular complexity index is 1140. The molecule has 2 amide bonds. The summed E-state index contributed by atoms with van der Waals surface area (Å²) in [7, 11) is -3.67. The summed E-state index contributed by atoms with van der Waals surface area (Å²) >= 11 is 6.23. The highest BCUT2D eigenvalue weighted by molar-refractivity contribution is 7.89. The number of hydrogen-bond donors (Lipinski definition) is 1. The van der Waals surface area contributed by atoms with Crippen molar-refractivity contribution in [2.75, 3.05) is 26.2 Å². The highest BCUT2D eigenvalue weighted by Gasteiger charge is 2.27. The van der Waals surface area contributed by atoms with Crippen LogP contribution < -0.4 is 5.32 Å². The molecule has 0 atom stereocenters. The van der Waals surface area contributed by atoms with Gasteiger partial charge >= 0.3 is 0 Å². The number of nitrogens with one attached hydrogen (secondary N) is 1. The molecule has 33 heavy (non-hydrogen) atoms. The van der Waals surface area contributed by atoms with Crippen LogP contribution in [0.15, 0.2) is 47.4 Å². The third kappa shape index (κ3) is 5.39. The van der Waals surface area contributed by atoms with Gasteiger partial charge in [-0.05, 0) is 61.6 Å². The van der Waals surface area contributed by atoms with Crippen molar-refractivity contribution in [1.29, 1.82) is 0 Å². The molecule has 0 spiro atoms. The zero-order valence-electron chi connectivity index (χ0n) is 18.4. The highest BCUT2D eigenvalue weighted by atomic mass is 35.5. The monoisotopic (exact) mass is 489 g/mol. The van der Waals surface area contributed by atoms with E-state index in [-0.39, 0.29) is 27.9 Å². The first-order chi connectivity index (χ1) is 15.9. The van der Waals surface area contributed by atoms with E-state index in [1.54, 1.807) is 18.2 Å². The number of nitrogens with zero attached hydrogens (tertiary/aromatic N) is 2. The van der Waals surface area contributed by atoms with E-state index in [1.807, 2.05) is 11.0 Å². The minimum Gasteiger partial charge on any atom is -0.348 e. The SMILES string of the molecule is O=C(NCc1cccc(C(=O)N2CCCC2)c1)c1cc(S(=O)(=O)N2CCCCC2)ccc1Cl. The summed E-state index contributed by atoms with van der Waals surface area (Å²) in [6.45, 7) is 2.71. The number of piperidine rings is 1. The summed E-state index contributed by atoms with van der Waals surface area (Å²) in [5.41, 5.74) is 1.48. The molecule has 0 aliphatic carbocycles. The third-order valence-corrected chi connectivity index (χ3v) is 8.38. The van der Waals surface area contributed by atoms with Crippen molar-refractivity contribution in [3.8, 4) is 0 Å². The van der Waals surface area contributed by atoms with Gasteiger partial charge in [-0.15, -0.1) is 0 Å². The third-order valence-electron chi connectivity index (χ3n) is 6.16. The number of sulfonamides is 1. The lowest BCUT2D eigenvalue weighted by Gasteiger charge is -2.26. The number of amides is 2. The van der Waals surface area contributed by atoms with Gasteiger partial charge < -0.3 is 10.2 Å². The molecule has 176 valence electrons. The largest absolute Gasteiger partial charge is 0.348 e. The summed E-state index contributed by atoms with van der Waals surface area (Å²) in [5, 5.41) is 2.98. The maximum Gasteiger partial charge on any atom is 0.253 e. The van der Waals surface area contributed by atoms with Crippen LogP contribution in [0.1, 0.15) is 58.4 Å². The molecule has 9 heteroatoms. The molecular weight excluding hydrogens is 462 g/mol. The molecule has 2 aromatic rings. The van der Waals surface area contributed by atoms with E-state index >= 15 is 0 Å². The van der Waals surface area contributed by atoms with E-state index < -0.39 is 15.9 Å². The van der Waals surface area contributed by atoms with Gasteiger partial charge in [0.2, 0.25) is 10.0 Å². The first-order valence-electron chi connectivity index (χ1n) is 11.3. The van der Waals surface area contributed by atoms with E-state index in [0.717, 1.165) is 50.8 Å². The zero-order chi connectivity index (χ0) is 23.4. The smallest absolute Gasteiger partial charge is 0.253 e. The van der Waals surface area contributed by atoms with Crippen molar-refractivity contribution < 1.29 is 18.0 Å². The molecule has 0 bridgehead atoms.